The molecule has 0 aliphatic heterocycles. The van der Waals surface area contributed by atoms with Gasteiger partial charge in [0.1, 0.15) is 0 Å². The highest BCUT2D eigenvalue weighted by Crippen LogP contribution is 2.14. The molecule has 2 unspecified atom stereocenters. The largest absolute Gasteiger partial charge is 0.392 e. The van der Waals surface area contributed by atoms with Crippen molar-refractivity contribution in [3.05, 3.63) is 35.9 Å². The Morgan fingerprint density at radius 3 is 2.47 bits per heavy atom. The Balaban J connectivity index is 2.61. The highest BCUT2D eigenvalue weighted by atomic mass is 16.5. The third kappa shape index (κ3) is 5.41. The number of carbonyl (C=O) groups is 1. The molecule has 1 aromatic carbocycles. The Morgan fingerprint density at radius 1 is 1.32 bits per heavy atom. The zero-order valence-electron chi connectivity index (χ0n) is 11.8. The van der Waals surface area contributed by atoms with Crippen LogP contribution in [0.2, 0.25) is 0 Å². The first-order valence-corrected chi connectivity index (χ1v) is 6.56. The Kier molecular flexibility index (Phi) is 6.53. The lowest BCUT2D eigenvalue weighted by molar-refractivity contribution is -0.124. The van der Waals surface area contributed by atoms with Gasteiger partial charge in [0.15, 0.2) is 0 Å². The molecule has 0 fully saturated rings. The molecular formula is C15H23NO3. The van der Waals surface area contributed by atoms with Crippen molar-refractivity contribution in [3.8, 4) is 0 Å². The van der Waals surface area contributed by atoms with Gasteiger partial charge in [0.25, 0.3) is 0 Å². The number of methoxy groups -OCH3 is 1. The molecule has 0 aliphatic carbocycles. The van der Waals surface area contributed by atoms with Crippen LogP contribution in [-0.4, -0.2) is 30.8 Å². The predicted molar refractivity (Wildman–Crippen MR) is 74.7 cm³/mol. The average Bonchev–Trinajstić information content (AvgIpc) is 2.39. The molecule has 0 radical (unpaired) electrons. The highest BCUT2D eigenvalue weighted by Gasteiger charge is 2.18. The number of ether oxygens (including phenoxy) is 1. The zero-order chi connectivity index (χ0) is 14.3. The van der Waals surface area contributed by atoms with Crippen molar-refractivity contribution in [2.75, 3.05) is 13.7 Å². The molecule has 1 aromatic rings. The molecule has 4 heteroatoms. The van der Waals surface area contributed by atoms with Gasteiger partial charge in [-0.05, 0) is 11.5 Å². The molecule has 0 bridgehead atoms. The predicted octanol–water partition coefficient (Wildman–Crippen LogP) is 1.90. The van der Waals surface area contributed by atoms with Crippen LogP contribution >= 0.6 is 0 Å². The van der Waals surface area contributed by atoms with E-state index in [0.717, 1.165) is 5.56 Å². The van der Waals surface area contributed by atoms with E-state index in [9.17, 15) is 9.90 Å². The van der Waals surface area contributed by atoms with Crippen molar-refractivity contribution >= 4 is 5.91 Å². The van der Waals surface area contributed by atoms with Gasteiger partial charge in [0.05, 0.1) is 25.2 Å². The summed E-state index contributed by atoms with van der Waals surface area (Å²) in [5, 5.41) is 12.6. The van der Waals surface area contributed by atoms with Crippen molar-refractivity contribution in [1.29, 1.82) is 0 Å². The molecule has 1 rings (SSSR count). The van der Waals surface area contributed by atoms with Gasteiger partial charge >= 0.3 is 0 Å². The summed E-state index contributed by atoms with van der Waals surface area (Å²) in [5.41, 5.74) is 0.997. The minimum Gasteiger partial charge on any atom is -0.392 e. The van der Waals surface area contributed by atoms with E-state index >= 15 is 0 Å². The SMILES string of the molecule is COCC(NC(=O)CC(O)C(C)C)c1ccccc1. The highest BCUT2D eigenvalue weighted by molar-refractivity contribution is 5.77. The van der Waals surface area contributed by atoms with Crippen molar-refractivity contribution in [2.45, 2.75) is 32.4 Å². The third-order valence-corrected chi connectivity index (χ3v) is 3.03. The van der Waals surface area contributed by atoms with Gasteiger partial charge in [-0.2, -0.15) is 0 Å². The van der Waals surface area contributed by atoms with Crippen molar-refractivity contribution in [3.63, 3.8) is 0 Å². The smallest absolute Gasteiger partial charge is 0.223 e. The maximum Gasteiger partial charge on any atom is 0.223 e. The van der Waals surface area contributed by atoms with Gasteiger partial charge in [-0.1, -0.05) is 44.2 Å². The minimum absolute atomic E-state index is 0.0725. The van der Waals surface area contributed by atoms with Crippen LogP contribution in [0.5, 0.6) is 0 Å². The molecule has 19 heavy (non-hydrogen) atoms. The lowest BCUT2D eigenvalue weighted by Crippen LogP contribution is -2.34. The fourth-order valence-corrected chi connectivity index (χ4v) is 1.75. The van der Waals surface area contributed by atoms with E-state index < -0.39 is 6.10 Å². The van der Waals surface area contributed by atoms with E-state index in [1.54, 1.807) is 7.11 Å². The Bertz CT molecular complexity index is 378. The summed E-state index contributed by atoms with van der Waals surface area (Å²) in [7, 11) is 1.60. The van der Waals surface area contributed by atoms with Crippen LogP contribution in [0.1, 0.15) is 31.9 Å². The lowest BCUT2D eigenvalue weighted by atomic mass is 10.0. The molecular weight excluding hydrogens is 242 g/mol. The Labute approximate surface area is 114 Å². The van der Waals surface area contributed by atoms with Gasteiger partial charge in [-0.15, -0.1) is 0 Å². The summed E-state index contributed by atoms with van der Waals surface area (Å²) in [6, 6.07) is 9.49. The first-order valence-electron chi connectivity index (χ1n) is 6.56. The maximum absolute atomic E-state index is 11.9. The van der Waals surface area contributed by atoms with Crippen molar-refractivity contribution in [1.82, 2.24) is 5.32 Å². The van der Waals surface area contributed by atoms with E-state index in [-0.39, 0.29) is 24.3 Å². The number of rotatable bonds is 7. The summed E-state index contributed by atoms with van der Waals surface area (Å²) in [6.07, 6.45) is -0.496. The quantitative estimate of drug-likeness (QED) is 0.791. The van der Waals surface area contributed by atoms with Crippen LogP contribution in [0, 0.1) is 5.92 Å². The van der Waals surface area contributed by atoms with E-state index in [1.165, 1.54) is 0 Å². The molecule has 4 nitrogen and oxygen atoms in total. The number of aliphatic hydroxyl groups is 1. The number of amides is 1. The monoisotopic (exact) mass is 265 g/mol. The number of hydrogen-bond acceptors (Lipinski definition) is 3. The first kappa shape index (κ1) is 15.7. The normalized spacial score (nSPS) is 14.2. The summed E-state index contributed by atoms with van der Waals surface area (Å²) < 4.78 is 5.13. The zero-order valence-corrected chi connectivity index (χ0v) is 11.8. The number of nitrogens with one attached hydrogen (secondary N) is 1. The van der Waals surface area contributed by atoms with Crippen LogP contribution in [0.25, 0.3) is 0 Å². The summed E-state index contributed by atoms with van der Waals surface area (Å²) in [4.78, 5) is 11.9. The van der Waals surface area contributed by atoms with Crippen molar-refractivity contribution in [2.24, 2.45) is 5.92 Å². The Morgan fingerprint density at radius 2 is 1.95 bits per heavy atom. The van der Waals surface area contributed by atoms with Gasteiger partial charge in [-0.3, -0.25) is 4.79 Å². The molecule has 106 valence electrons. The lowest BCUT2D eigenvalue weighted by Gasteiger charge is -2.20. The molecule has 2 atom stereocenters. The Hall–Kier alpha value is -1.39. The summed E-state index contributed by atoms with van der Waals surface area (Å²) >= 11 is 0. The van der Waals surface area contributed by atoms with Crippen LogP contribution < -0.4 is 5.32 Å². The third-order valence-electron chi connectivity index (χ3n) is 3.03. The summed E-state index contributed by atoms with van der Waals surface area (Å²) in [5.74, 6) is -0.0875. The molecule has 0 saturated heterocycles. The molecule has 0 aromatic heterocycles. The fourth-order valence-electron chi connectivity index (χ4n) is 1.75. The number of benzene rings is 1. The summed E-state index contributed by atoms with van der Waals surface area (Å²) in [6.45, 7) is 4.19. The number of aliphatic hydroxyl groups excluding tert-OH is 1. The molecule has 0 aliphatic rings. The maximum atomic E-state index is 11.9. The second-order valence-electron chi connectivity index (χ2n) is 5.00. The van der Waals surface area contributed by atoms with Crippen molar-refractivity contribution < 1.29 is 14.6 Å². The molecule has 1 amide bonds. The van der Waals surface area contributed by atoms with Gasteiger partial charge in [0, 0.05) is 7.11 Å². The molecule has 0 spiro atoms. The minimum atomic E-state index is -0.612. The van der Waals surface area contributed by atoms with E-state index in [0.29, 0.717) is 6.61 Å². The van der Waals surface area contributed by atoms with Crippen LogP contribution in [0.4, 0.5) is 0 Å². The average molecular weight is 265 g/mol. The standard InChI is InChI=1S/C15H23NO3/c1-11(2)14(17)9-15(18)16-13(10-19-3)12-7-5-4-6-8-12/h4-8,11,13-14,17H,9-10H2,1-3H3,(H,16,18). The second kappa shape index (κ2) is 7.92. The van der Waals surface area contributed by atoms with E-state index in [1.807, 2.05) is 44.2 Å². The van der Waals surface area contributed by atoms with Crippen LogP contribution in [0.3, 0.4) is 0 Å². The van der Waals surface area contributed by atoms with Gasteiger partial charge < -0.3 is 15.2 Å². The topological polar surface area (TPSA) is 58.6 Å². The van der Waals surface area contributed by atoms with Gasteiger partial charge in [-0.25, -0.2) is 0 Å². The second-order valence-corrected chi connectivity index (χ2v) is 5.00. The van der Waals surface area contributed by atoms with Gasteiger partial charge in [0.2, 0.25) is 5.91 Å². The fraction of sp³-hybridized carbons (Fsp3) is 0.533. The molecule has 0 saturated carbocycles. The molecule has 0 heterocycles. The molecule has 2 N–H and O–H groups in total. The van der Waals surface area contributed by atoms with Crippen LogP contribution in [0.15, 0.2) is 30.3 Å². The van der Waals surface area contributed by atoms with Crippen LogP contribution in [-0.2, 0) is 9.53 Å². The van der Waals surface area contributed by atoms with E-state index in [2.05, 4.69) is 5.32 Å². The number of carbonyl (C=O) groups excluding carboxylic acids is 1. The van der Waals surface area contributed by atoms with E-state index in [4.69, 9.17) is 4.74 Å². The first-order chi connectivity index (χ1) is 9.04. The number of hydrogen-bond donors (Lipinski definition) is 2.